The Morgan fingerprint density at radius 1 is 1.35 bits per heavy atom. The number of aliphatic carboxylic acids is 1. The van der Waals surface area contributed by atoms with Gasteiger partial charge >= 0.3 is 5.97 Å². The fourth-order valence-corrected chi connectivity index (χ4v) is 1.53. The molecule has 0 aromatic heterocycles. The standard InChI is InChI=1S/C12H14O5/c1-7(12(14)15)9-4-8(16-2)5-11(17-3)10(9)6-13/h4-7H,1-3H3,(H,14,15)/t7-/m0/s1. The number of hydrogen-bond acceptors (Lipinski definition) is 4. The number of aldehydes is 1. The van der Waals surface area contributed by atoms with Crippen molar-refractivity contribution in [3.8, 4) is 11.5 Å². The Morgan fingerprint density at radius 3 is 2.41 bits per heavy atom. The summed E-state index contributed by atoms with van der Waals surface area (Å²) in [4.78, 5) is 22.0. The topological polar surface area (TPSA) is 72.8 Å². The minimum absolute atomic E-state index is 0.239. The Morgan fingerprint density at radius 2 is 2.00 bits per heavy atom. The maximum atomic E-state index is 11.0. The smallest absolute Gasteiger partial charge is 0.310 e. The van der Waals surface area contributed by atoms with Crippen molar-refractivity contribution in [1.82, 2.24) is 0 Å². The maximum Gasteiger partial charge on any atom is 0.310 e. The second-order valence-electron chi connectivity index (χ2n) is 3.51. The van der Waals surface area contributed by atoms with E-state index in [1.807, 2.05) is 0 Å². The second-order valence-corrected chi connectivity index (χ2v) is 3.51. The zero-order valence-corrected chi connectivity index (χ0v) is 9.89. The Bertz CT molecular complexity index is 439. The monoisotopic (exact) mass is 238 g/mol. The summed E-state index contributed by atoms with van der Waals surface area (Å²) < 4.78 is 10.1. The van der Waals surface area contributed by atoms with Gasteiger partial charge in [-0.3, -0.25) is 9.59 Å². The summed E-state index contributed by atoms with van der Waals surface area (Å²) in [5.41, 5.74) is 0.618. The van der Waals surface area contributed by atoms with E-state index in [1.54, 1.807) is 6.07 Å². The molecule has 1 N–H and O–H groups in total. The van der Waals surface area contributed by atoms with Gasteiger partial charge < -0.3 is 14.6 Å². The summed E-state index contributed by atoms with van der Waals surface area (Å²) in [6, 6.07) is 3.08. The molecule has 0 amide bonds. The minimum Gasteiger partial charge on any atom is -0.497 e. The molecular formula is C12H14O5. The van der Waals surface area contributed by atoms with Crippen LogP contribution in [0.1, 0.15) is 28.8 Å². The van der Waals surface area contributed by atoms with Gasteiger partial charge in [-0.2, -0.15) is 0 Å². The first-order valence-corrected chi connectivity index (χ1v) is 4.99. The molecule has 5 nitrogen and oxygen atoms in total. The van der Waals surface area contributed by atoms with Gasteiger partial charge in [0.05, 0.1) is 25.7 Å². The van der Waals surface area contributed by atoms with Gasteiger partial charge in [0, 0.05) is 6.07 Å². The van der Waals surface area contributed by atoms with Crippen LogP contribution in [-0.4, -0.2) is 31.6 Å². The molecule has 5 heteroatoms. The predicted molar refractivity (Wildman–Crippen MR) is 61.0 cm³/mol. The van der Waals surface area contributed by atoms with E-state index >= 15 is 0 Å². The number of carboxylic acid groups (broad SMARTS) is 1. The average molecular weight is 238 g/mol. The SMILES string of the molecule is COc1cc(OC)c(C=O)c([C@H](C)C(=O)O)c1. The summed E-state index contributed by atoms with van der Waals surface area (Å²) in [6.07, 6.45) is 0.590. The third kappa shape index (κ3) is 2.55. The van der Waals surface area contributed by atoms with E-state index in [9.17, 15) is 9.59 Å². The molecule has 0 unspecified atom stereocenters. The largest absolute Gasteiger partial charge is 0.497 e. The number of hydrogen-bond donors (Lipinski definition) is 1. The number of carbonyl (C=O) groups is 2. The Hall–Kier alpha value is -2.04. The first kappa shape index (κ1) is 13.0. The van der Waals surface area contributed by atoms with Gasteiger partial charge in [-0.1, -0.05) is 0 Å². The van der Waals surface area contributed by atoms with Crippen molar-refractivity contribution >= 4 is 12.3 Å². The average Bonchev–Trinajstić information content (AvgIpc) is 2.35. The van der Waals surface area contributed by atoms with Gasteiger partial charge in [-0.15, -0.1) is 0 Å². The van der Waals surface area contributed by atoms with Gasteiger partial charge in [-0.05, 0) is 18.6 Å². The van der Waals surface area contributed by atoms with Crippen LogP contribution < -0.4 is 9.47 Å². The first-order valence-electron chi connectivity index (χ1n) is 4.99. The lowest BCUT2D eigenvalue weighted by Gasteiger charge is -2.14. The van der Waals surface area contributed by atoms with E-state index in [-0.39, 0.29) is 5.56 Å². The Balaban J connectivity index is 3.43. The molecule has 0 fully saturated rings. The first-order chi connectivity index (χ1) is 8.04. The molecule has 0 bridgehead atoms. The Kier molecular flexibility index (Phi) is 4.09. The lowest BCUT2D eigenvalue weighted by atomic mass is 9.95. The molecule has 0 saturated carbocycles. The molecule has 0 heterocycles. The van der Waals surface area contributed by atoms with Crippen LogP contribution in [0.5, 0.6) is 11.5 Å². The van der Waals surface area contributed by atoms with Crippen LogP contribution in [0.3, 0.4) is 0 Å². The van der Waals surface area contributed by atoms with Crippen LogP contribution in [0, 0.1) is 0 Å². The molecule has 0 aliphatic carbocycles. The summed E-state index contributed by atoms with van der Waals surface area (Å²) in [7, 11) is 2.88. The van der Waals surface area contributed by atoms with E-state index in [0.29, 0.717) is 23.3 Å². The highest BCUT2D eigenvalue weighted by Crippen LogP contribution is 2.32. The third-order valence-electron chi connectivity index (χ3n) is 2.56. The highest BCUT2D eigenvalue weighted by atomic mass is 16.5. The van der Waals surface area contributed by atoms with E-state index in [4.69, 9.17) is 14.6 Å². The number of ether oxygens (including phenoxy) is 2. The number of benzene rings is 1. The van der Waals surface area contributed by atoms with Crippen molar-refractivity contribution in [2.24, 2.45) is 0 Å². The quantitative estimate of drug-likeness (QED) is 0.790. The molecule has 1 atom stereocenters. The molecule has 0 radical (unpaired) electrons. The number of carbonyl (C=O) groups excluding carboxylic acids is 1. The van der Waals surface area contributed by atoms with Crippen LogP contribution in [0.25, 0.3) is 0 Å². The molecule has 0 spiro atoms. The number of methoxy groups -OCH3 is 2. The minimum atomic E-state index is -1.01. The van der Waals surface area contributed by atoms with E-state index in [0.717, 1.165) is 0 Å². The van der Waals surface area contributed by atoms with Crippen molar-refractivity contribution in [2.75, 3.05) is 14.2 Å². The van der Waals surface area contributed by atoms with Crippen molar-refractivity contribution in [3.63, 3.8) is 0 Å². The van der Waals surface area contributed by atoms with Crippen LogP contribution >= 0.6 is 0 Å². The summed E-state index contributed by atoms with van der Waals surface area (Å²) in [5.74, 6) is -1.05. The van der Waals surface area contributed by atoms with Crippen LogP contribution in [0.4, 0.5) is 0 Å². The molecule has 0 aliphatic rings. The highest BCUT2D eigenvalue weighted by molar-refractivity contribution is 5.87. The predicted octanol–water partition coefficient (Wildman–Crippen LogP) is 1.70. The normalized spacial score (nSPS) is 11.7. The van der Waals surface area contributed by atoms with Gasteiger partial charge in [0.25, 0.3) is 0 Å². The molecule has 1 rings (SSSR count). The number of carboxylic acids is 1. The lowest BCUT2D eigenvalue weighted by Crippen LogP contribution is -2.11. The van der Waals surface area contributed by atoms with E-state index < -0.39 is 11.9 Å². The summed E-state index contributed by atoms with van der Waals surface area (Å²) in [6.45, 7) is 1.50. The van der Waals surface area contributed by atoms with E-state index in [1.165, 1.54) is 27.2 Å². The molecular weight excluding hydrogens is 224 g/mol. The van der Waals surface area contributed by atoms with Crippen molar-refractivity contribution < 1.29 is 24.2 Å². The van der Waals surface area contributed by atoms with Gasteiger partial charge in [-0.25, -0.2) is 0 Å². The fraction of sp³-hybridized carbons (Fsp3) is 0.333. The molecule has 0 aliphatic heterocycles. The number of rotatable bonds is 5. The fourth-order valence-electron chi connectivity index (χ4n) is 1.53. The van der Waals surface area contributed by atoms with Crippen molar-refractivity contribution in [1.29, 1.82) is 0 Å². The lowest BCUT2D eigenvalue weighted by molar-refractivity contribution is -0.138. The van der Waals surface area contributed by atoms with Crippen molar-refractivity contribution in [2.45, 2.75) is 12.8 Å². The van der Waals surface area contributed by atoms with Gasteiger partial charge in [0.2, 0.25) is 0 Å². The molecule has 1 aromatic rings. The zero-order chi connectivity index (χ0) is 13.0. The van der Waals surface area contributed by atoms with Gasteiger partial charge in [0.15, 0.2) is 6.29 Å². The van der Waals surface area contributed by atoms with Crippen LogP contribution in [0.2, 0.25) is 0 Å². The highest BCUT2D eigenvalue weighted by Gasteiger charge is 2.21. The van der Waals surface area contributed by atoms with Gasteiger partial charge in [0.1, 0.15) is 11.5 Å². The Labute approximate surface area is 99.0 Å². The molecule has 17 heavy (non-hydrogen) atoms. The maximum absolute atomic E-state index is 11.0. The molecule has 92 valence electrons. The van der Waals surface area contributed by atoms with E-state index in [2.05, 4.69) is 0 Å². The van der Waals surface area contributed by atoms with Crippen LogP contribution in [0.15, 0.2) is 12.1 Å². The summed E-state index contributed by atoms with van der Waals surface area (Å²) in [5, 5.41) is 8.99. The molecule has 1 aromatic carbocycles. The summed E-state index contributed by atoms with van der Waals surface area (Å²) >= 11 is 0. The third-order valence-corrected chi connectivity index (χ3v) is 2.56. The second kappa shape index (κ2) is 5.34. The van der Waals surface area contributed by atoms with Crippen molar-refractivity contribution in [3.05, 3.63) is 23.3 Å². The van der Waals surface area contributed by atoms with Crippen LogP contribution in [-0.2, 0) is 4.79 Å². The molecule has 0 saturated heterocycles. The zero-order valence-electron chi connectivity index (χ0n) is 9.89.